The van der Waals surface area contributed by atoms with E-state index in [0.717, 1.165) is 12.1 Å². The molecule has 0 radical (unpaired) electrons. The Kier molecular flexibility index (Phi) is 6.99. The number of halogens is 4. The molecule has 1 saturated heterocycles. The number of hydrogen-bond acceptors (Lipinski definition) is 6. The topological polar surface area (TPSA) is 105 Å². The first-order valence-corrected chi connectivity index (χ1v) is 11.4. The van der Waals surface area contributed by atoms with Gasteiger partial charge in [0.1, 0.15) is 17.1 Å². The molecule has 3 N–H and O–H groups in total. The number of urea groups is 1. The van der Waals surface area contributed by atoms with Crippen molar-refractivity contribution in [1.82, 2.24) is 15.3 Å². The lowest BCUT2D eigenvalue weighted by Gasteiger charge is -2.23. The number of nitrogens with zero attached hydrogens (tertiary/aromatic N) is 2. The van der Waals surface area contributed by atoms with E-state index in [-0.39, 0.29) is 23.0 Å². The highest BCUT2D eigenvalue weighted by atomic mass is 19.2. The van der Waals surface area contributed by atoms with Crippen LogP contribution in [-0.4, -0.2) is 41.5 Å². The van der Waals surface area contributed by atoms with E-state index >= 15 is 4.39 Å². The second-order valence-electron chi connectivity index (χ2n) is 8.39. The number of rotatable bonds is 5. The molecule has 3 heterocycles. The Morgan fingerprint density at radius 3 is 2.58 bits per heavy atom. The van der Waals surface area contributed by atoms with Crippen molar-refractivity contribution in [2.75, 3.05) is 30.3 Å². The third-order valence-corrected chi connectivity index (χ3v) is 5.80. The Labute approximate surface area is 213 Å². The van der Waals surface area contributed by atoms with Gasteiger partial charge < -0.3 is 20.7 Å². The molecule has 0 saturated carbocycles. The Hall–Kier alpha value is -4.42. The zero-order chi connectivity index (χ0) is 26.8. The van der Waals surface area contributed by atoms with E-state index in [4.69, 9.17) is 4.74 Å². The van der Waals surface area contributed by atoms with E-state index in [1.165, 1.54) is 24.3 Å². The van der Waals surface area contributed by atoms with Crippen molar-refractivity contribution in [2.24, 2.45) is 0 Å². The third kappa shape index (κ3) is 5.17. The summed E-state index contributed by atoms with van der Waals surface area (Å²) in [5.74, 6) is -6.68. The summed E-state index contributed by atoms with van der Waals surface area (Å²) >= 11 is 0. The molecule has 194 valence electrons. The minimum absolute atomic E-state index is 0.0320. The van der Waals surface area contributed by atoms with E-state index in [0.29, 0.717) is 36.8 Å². The molecule has 4 aromatic rings. The van der Waals surface area contributed by atoms with Crippen molar-refractivity contribution < 1.29 is 31.9 Å². The van der Waals surface area contributed by atoms with Crippen molar-refractivity contribution in [3.63, 3.8) is 0 Å². The zero-order valence-electron chi connectivity index (χ0n) is 19.5. The monoisotopic (exact) mass is 525 g/mol. The lowest BCUT2D eigenvalue weighted by Crippen LogP contribution is -2.33. The SMILES string of the molecule is O=C(Nc1cccc(F)c1)Nc1cc(F)c(F)c(C(=O)c2ccc3ncc(C4CNCCO4)cc3n2)c1F. The lowest BCUT2D eigenvalue weighted by molar-refractivity contribution is 0.0276. The van der Waals surface area contributed by atoms with Crippen LogP contribution >= 0.6 is 0 Å². The largest absolute Gasteiger partial charge is 0.371 e. The molecule has 2 amide bonds. The van der Waals surface area contributed by atoms with Crippen LogP contribution in [0, 0.1) is 23.3 Å². The molecule has 1 fully saturated rings. The fourth-order valence-corrected chi connectivity index (χ4v) is 3.98. The summed E-state index contributed by atoms with van der Waals surface area (Å²) in [7, 11) is 0. The molecule has 1 atom stereocenters. The van der Waals surface area contributed by atoms with Crippen molar-refractivity contribution in [1.29, 1.82) is 0 Å². The van der Waals surface area contributed by atoms with Gasteiger partial charge in [-0.2, -0.15) is 0 Å². The van der Waals surface area contributed by atoms with Crippen LogP contribution in [-0.2, 0) is 4.74 Å². The highest BCUT2D eigenvalue weighted by molar-refractivity contribution is 6.10. The molecular weight excluding hydrogens is 506 g/mol. The fourth-order valence-electron chi connectivity index (χ4n) is 3.98. The number of aromatic nitrogens is 2. The van der Waals surface area contributed by atoms with E-state index in [1.54, 1.807) is 12.3 Å². The van der Waals surface area contributed by atoms with Gasteiger partial charge >= 0.3 is 6.03 Å². The summed E-state index contributed by atoms with van der Waals surface area (Å²) in [4.78, 5) is 33.9. The highest BCUT2D eigenvalue weighted by Crippen LogP contribution is 2.27. The summed E-state index contributed by atoms with van der Waals surface area (Å²) < 4.78 is 63.3. The average Bonchev–Trinajstić information content (AvgIpc) is 2.91. The number of hydrogen-bond donors (Lipinski definition) is 3. The molecular formula is C26H19F4N5O3. The van der Waals surface area contributed by atoms with Crippen molar-refractivity contribution in [2.45, 2.75) is 6.10 Å². The van der Waals surface area contributed by atoms with Gasteiger partial charge in [-0.1, -0.05) is 6.07 Å². The summed E-state index contributed by atoms with van der Waals surface area (Å²) in [5.41, 5.74) is -0.976. The summed E-state index contributed by atoms with van der Waals surface area (Å²) in [6.45, 7) is 1.76. The van der Waals surface area contributed by atoms with Crippen molar-refractivity contribution in [3.8, 4) is 0 Å². The third-order valence-electron chi connectivity index (χ3n) is 5.80. The first kappa shape index (κ1) is 25.2. The van der Waals surface area contributed by atoms with E-state index < -0.39 is 46.3 Å². The van der Waals surface area contributed by atoms with Gasteiger partial charge in [-0.25, -0.2) is 27.3 Å². The van der Waals surface area contributed by atoms with Crippen molar-refractivity contribution >= 4 is 34.2 Å². The number of nitrogens with one attached hydrogen (secondary N) is 3. The second kappa shape index (κ2) is 10.5. The van der Waals surface area contributed by atoms with Crippen LogP contribution in [0.3, 0.4) is 0 Å². The number of fused-ring (bicyclic) bond motifs is 1. The van der Waals surface area contributed by atoms with Gasteiger partial charge in [0.15, 0.2) is 17.5 Å². The molecule has 5 rings (SSSR count). The molecule has 2 aromatic carbocycles. The number of anilines is 2. The fraction of sp³-hybridized carbons (Fsp3) is 0.154. The van der Waals surface area contributed by atoms with Gasteiger partial charge in [-0.15, -0.1) is 0 Å². The van der Waals surface area contributed by atoms with Gasteiger partial charge in [0.2, 0.25) is 5.78 Å². The lowest BCUT2D eigenvalue weighted by atomic mass is 10.0. The van der Waals surface area contributed by atoms with Crippen LogP contribution in [0.4, 0.5) is 33.7 Å². The van der Waals surface area contributed by atoms with Crippen LogP contribution in [0.25, 0.3) is 11.0 Å². The number of carbonyl (C=O) groups is 2. The van der Waals surface area contributed by atoms with Gasteiger partial charge in [0.05, 0.1) is 29.4 Å². The maximum atomic E-state index is 15.2. The number of ether oxygens (including phenoxy) is 1. The van der Waals surface area contributed by atoms with E-state index in [9.17, 15) is 22.8 Å². The predicted molar refractivity (Wildman–Crippen MR) is 130 cm³/mol. The number of benzene rings is 2. The number of ketones is 1. The Morgan fingerprint density at radius 1 is 0.974 bits per heavy atom. The predicted octanol–water partition coefficient (Wildman–Crippen LogP) is 4.72. The smallest absolute Gasteiger partial charge is 0.323 e. The quantitative estimate of drug-likeness (QED) is 0.198. The highest BCUT2D eigenvalue weighted by Gasteiger charge is 2.27. The second-order valence-corrected chi connectivity index (χ2v) is 8.39. The molecule has 0 aliphatic carbocycles. The Morgan fingerprint density at radius 2 is 1.82 bits per heavy atom. The molecule has 1 aliphatic rings. The molecule has 1 unspecified atom stereocenters. The first-order valence-electron chi connectivity index (χ1n) is 11.4. The number of amides is 2. The molecule has 0 spiro atoms. The molecule has 12 heteroatoms. The maximum absolute atomic E-state index is 15.2. The number of pyridine rings is 2. The minimum atomic E-state index is -1.74. The van der Waals surface area contributed by atoms with Crippen LogP contribution in [0.5, 0.6) is 0 Å². The molecule has 0 bridgehead atoms. The molecule has 1 aliphatic heterocycles. The zero-order valence-corrected chi connectivity index (χ0v) is 19.5. The van der Waals surface area contributed by atoms with E-state index in [2.05, 4.69) is 20.6 Å². The summed E-state index contributed by atoms with van der Waals surface area (Å²) in [6.07, 6.45) is 1.33. The molecule has 2 aromatic heterocycles. The van der Waals surface area contributed by atoms with Crippen LogP contribution in [0.2, 0.25) is 0 Å². The van der Waals surface area contributed by atoms with E-state index in [1.807, 2.05) is 5.32 Å². The van der Waals surface area contributed by atoms with Gasteiger partial charge in [-0.3, -0.25) is 9.78 Å². The molecule has 8 nitrogen and oxygen atoms in total. The first-order chi connectivity index (χ1) is 18.3. The van der Waals surface area contributed by atoms with Gasteiger partial charge in [-0.05, 0) is 36.4 Å². The Balaban J connectivity index is 1.44. The number of carbonyl (C=O) groups excluding carboxylic acids is 2. The van der Waals surface area contributed by atoms with Crippen molar-refractivity contribution in [3.05, 3.63) is 94.8 Å². The summed E-state index contributed by atoms with van der Waals surface area (Å²) in [5, 5.41) is 7.43. The minimum Gasteiger partial charge on any atom is -0.371 e. The maximum Gasteiger partial charge on any atom is 0.323 e. The molecule has 38 heavy (non-hydrogen) atoms. The van der Waals surface area contributed by atoms with Gasteiger partial charge in [0.25, 0.3) is 0 Å². The van der Waals surface area contributed by atoms with Crippen LogP contribution in [0.1, 0.15) is 27.7 Å². The number of morpholine rings is 1. The van der Waals surface area contributed by atoms with Crippen LogP contribution < -0.4 is 16.0 Å². The average molecular weight is 525 g/mol. The van der Waals surface area contributed by atoms with Gasteiger partial charge in [0, 0.05) is 36.6 Å². The standard InChI is InChI=1S/C26H19F4N5O3/c27-14-2-1-3-15(9-14)33-26(37)35-20-10-16(28)23(29)22(24(20)30)25(36)18-5-4-17-19(34-18)8-13(11-32-17)21-12-31-6-7-38-21/h1-5,8-11,21,31H,6-7,12H2,(H2,33,35,37). The van der Waals surface area contributed by atoms with Crippen LogP contribution in [0.15, 0.2) is 54.7 Å². The summed E-state index contributed by atoms with van der Waals surface area (Å²) in [6, 6.07) is 8.47. The Bertz CT molecular complexity index is 1560. The normalized spacial score (nSPS) is 15.3.